The van der Waals surface area contributed by atoms with E-state index in [1.165, 1.54) is 12.8 Å². The summed E-state index contributed by atoms with van der Waals surface area (Å²) in [4.78, 5) is 26.6. The molecule has 0 spiro atoms. The fourth-order valence-corrected chi connectivity index (χ4v) is 3.88. The lowest BCUT2D eigenvalue weighted by Gasteiger charge is -2.20. The number of nitrogens with one attached hydrogen (secondary N) is 1. The molecule has 0 unspecified atom stereocenters. The molecule has 28 heavy (non-hydrogen) atoms. The van der Waals surface area contributed by atoms with Crippen LogP contribution in [-0.2, 0) is 4.79 Å². The van der Waals surface area contributed by atoms with Crippen LogP contribution in [0.3, 0.4) is 0 Å². The second-order valence-corrected chi connectivity index (χ2v) is 7.99. The van der Waals surface area contributed by atoms with E-state index < -0.39 is 0 Å². The van der Waals surface area contributed by atoms with E-state index in [4.69, 9.17) is 16.3 Å². The molecule has 2 amide bonds. The Kier molecular flexibility index (Phi) is 7.34. The average Bonchev–Trinajstić information content (AvgIpc) is 2.97. The molecule has 0 saturated carbocycles. The number of carbonyl (C=O) groups is 2. The Morgan fingerprint density at radius 3 is 2.36 bits per heavy atom. The lowest BCUT2D eigenvalue weighted by Crippen LogP contribution is -2.31. The summed E-state index contributed by atoms with van der Waals surface area (Å²) in [7, 11) is 0. The van der Waals surface area contributed by atoms with Crippen LogP contribution in [0, 0.1) is 0 Å². The van der Waals surface area contributed by atoms with Gasteiger partial charge in [-0.25, -0.2) is 0 Å². The second-order valence-electron chi connectivity index (χ2n) is 6.70. The molecule has 0 aliphatic carbocycles. The zero-order chi connectivity index (χ0) is 19.9. The lowest BCUT2D eigenvalue weighted by molar-refractivity contribution is -0.118. The van der Waals surface area contributed by atoms with Crippen molar-refractivity contribution in [1.29, 1.82) is 0 Å². The molecule has 1 N–H and O–H groups in total. The van der Waals surface area contributed by atoms with E-state index in [2.05, 4.69) is 21.2 Å². The molecule has 148 valence electrons. The fraction of sp³-hybridized carbons (Fsp3) is 0.333. The van der Waals surface area contributed by atoms with E-state index in [1.807, 2.05) is 4.90 Å². The summed E-state index contributed by atoms with van der Waals surface area (Å²) in [5, 5.41) is 3.35. The molecule has 2 aromatic rings. The maximum absolute atomic E-state index is 12.6. The summed E-state index contributed by atoms with van der Waals surface area (Å²) in [5.74, 6) is 0.307. The highest BCUT2D eigenvalue weighted by atomic mass is 79.9. The van der Waals surface area contributed by atoms with Crippen molar-refractivity contribution in [1.82, 2.24) is 4.90 Å². The van der Waals surface area contributed by atoms with E-state index in [-0.39, 0.29) is 18.4 Å². The minimum absolute atomic E-state index is 0.0516. The first-order valence-electron chi connectivity index (χ1n) is 9.30. The number of halogens is 2. The first-order valence-corrected chi connectivity index (χ1v) is 10.5. The number of nitrogens with zero attached hydrogens (tertiary/aromatic N) is 1. The summed E-state index contributed by atoms with van der Waals surface area (Å²) in [6.07, 6.45) is 4.49. The van der Waals surface area contributed by atoms with Crippen LogP contribution >= 0.6 is 27.5 Å². The van der Waals surface area contributed by atoms with Crippen LogP contribution in [0.2, 0.25) is 5.02 Å². The van der Waals surface area contributed by atoms with Crippen LogP contribution in [0.4, 0.5) is 5.69 Å². The van der Waals surface area contributed by atoms with Crippen LogP contribution in [0.25, 0.3) is 0 Å². The van der Waals surface area contributed by atoms with Gasteiger partial charge in [0.1, 0.15) is 5.75 Å². The van der Waals surface area contributed by atoms with E-state index in [0.717, 1.165) is 25.9 Å². The van der Waals surface area contributed by atoms with Gasteiger partial charge in [0.15, 0.2) is 6.61 Å². The predicted molar refractivity (Wildman–Crippen MR) is 114 cm³/mol. The monoisotopic (exact) mass is 464 g/mol. The van der Waals surface area contributed by atoms with Crippen molar-refractivity contribution < 1.29 is 14.3 Å². The molecule has 0 atom stereocenters. The van der Waals surface area contributed by atoms with Crippen molar-refractivity contribution in [3.63, 3.8) is 0 Å². The number of carbonyl (C=O) groups excluding carboxylic acids is 2. The molecule has 2 aromatic carbocycles. The van der Waals surface area contributed by atoms with E-state index >= 15 is 0 Å². The van der Waals surface area contributed by atoms with Gasteiger partial charge in [-0.3, -0.25) is 9.59 Å². The lowest BCUT2D eigenvalue weighted by atomic mass is 10.1. The topological polar surface area (TPSA) is 58.6 Å². The molecule has 1 fully saturated rings. The SMILES string of the molecule is O=C(COc1ccc(Cl)cc1Br)Nc1ccc(C(=O)N2CCCCCC2)cc1. The number of rotatable bonds is 5. The molecular weight excluding hydrogens is 444 g/mol. The highest BCUT2D eigenvalue weighted by Crippen LogP contribution is 2.28. The van der Waals surface area contributed by atoms with Crippen molar-refractivity contribution in [3.8, 4) is 5.75 Å². The van der Waals surface area contributed by atoms with Crippen molar-refractivity contribution in [3.05, 3.63) is 57.5 Å². The molecule has 3 rings (SSSR count). The summed E-state index contributed by atoms with van der Waals surface area (Å²) in [6.45, 7) is 1.50. The zero-order valence-electron chi connectivity index (χ0n) is 15.4. The van der Waals surface area contributed by atoms with Crippen LogP contribution < -0.4 is 10.1 Å². The third-order valence-electron chi connectivity index (χ3n) is 4.56. The van der Waals surface area contributed by atoms with Crippen molar-refractivity contribution in [2.24, 2.45) is 0 Å². The van der Waals surface area contributed by atoms with Gasteiger partial charge >= 0.3 is 0 Å². The Morgan fingerprint density at radius 1 is 1.04 bits per heavy atom. The third-order valence-corrected chi connectivity index (χ3v) is 5.42. The number of benzene rings is 2. The molecule has 1 aliphatic rings. The number of anilines is 1. The largest absolute Gasteiger partial charge is 0.483 e. The number of hydrogen-bond donors (Lipinski definition) is 1. The highest BCUT2D eigenvalue weighted by Gasteiger charge is 2.17. The maximum Gasteiger partial charge on any atom is 0.262 e. The Labute approximate surface area is 178 Å². The highest BCUT2D eigenvalue weighted by molar-refractivity contribution is 9.10. The number of likely N-dealkylation sites (tertiary alicyclic amines) is 1. The van der Waals surface area contributed by atoms with Gasteiger partial charge in [0.2, 0.25) is 0 Å². The number of hydrogen-bond acceptors (Lipinski definition) is 3. The summed E-state index contributed by atoms with van der Waals surface area (Å²) < 4.78 is 6.18. The molecule has 0 radical (unpaired) electrons. The Bertz CT molecular complexity index is 834. The maximum atomic E-state index is 12.6. The Balaban J connectivity index is 1.53. The third kappa shape index (κ3) is 5.72. The average molecular weight is 466 g/mol. The standard InChI is InChI=1S/C21H22BrClN2O3/c22-18-13-16(23)7-10-19(18)28-14-20(26)24-17-8-5-15(6-9-17)21(27)25-11-3-1-2-4-12-25/h5-10,13H,1-4,11-12,14H2,(H,24,26). The van der Waals surface area contributed by atoms with E-state index in [0.29, 0.717) is 26.5 Å². The molecule has 1 aliphatic heterocycles. The molecule has 1 saturated heterocycles. The minimum atomic E-state index is -0.284. The molecule has 7 heteroatoms. The molecular formula is C21H22BrClN2O3. The van der Waals surface area contributed by atoms with Crippen LogP contribution in [-0.4, -0.2) is 36.4 Å². The van der Waals surface area contributed by atoms with Crippen molar-refractivity contribution in [2.45, 2.75) is 25.7 Å². The van der Waals surface area contributed by atoms with Crippen LogP contribution in [0.5, 0.6) is 5.75 Å². The van der Waals surface area contributed by atoms with Crippen molar-refractivity contribution >= 4 is 45.0 Å². The fourth-order valence-electron chi connectivity index (χ4n) is 3.09. The van der Waals surface area contributed by atoms with E-state index in [1.54, 1.807) is 42.5 Å². The van der Waals surface area contributed by atoms with Gasteiger partial charge in [-0.2, -0.15) is 0 Å². The summed E-state index contributed by atoms with van der Waals surface area (Å²) >= 11 is 9.23. The van der Waals surface area contributed by atoms with Gasteiger partial charge in [-0.1, -0.05) is 24.4 Å². The number of amides is 2. The Hall–Kier alpha value is -2.05. The molecule has 1 heterocycles. The van der Waals surface area contributed by atoms with Crippen LogP contribution in [0.1, 0.15) is 36.0 Å². The number of ether oxygens (including phenoxy) is 1. The normalized spacial score (nSPS) is 14.3. The molecule has 5 nitrogen and oxygen atoms in total. The van der Waals surface area contributed by atoms with Gasteiger partial charge in [-0.05, 0) is 71.2 Å². The molecule has 0 aromatic heterocycles. The van der Waals surface area contributed by atoms with Gasteiger partial charge < -0.3 is 15.0 Å². The van der Waals surface area contributed by atoms with Gasteiger partial charge in [-0.15, -0.1) is 0 Å². The van der Waals surface area contributed by atoms with Gasteiger partial charge in [0.25, 0.3) is 11.8 Å². The van der Waals surface area contributed by atoms with Gasteiger partial charge in [0.05, 0.1) is 4.47 Å². The van der Waals surface area contributed by atoms with Gasteiger partial charge in [0, 0.05) is 29.4 Å². The minimum Gasteiger partial charge on any atom is -0.483 e. The predicted octanol–water partition coefficient (Wildman–Crippen LogP) is 5.14. The summed E-state index contributed by atoms with van der Waals surface area (Å²) in [6, 6.07) is 12.1. The first-order chi connectivity index (χ1) is 13.5. The van der Waals surface area contributed by atoms with Crippen molar-refractivity contribution in [2.75, 3.05) is 25.0 Å². The second kappa shape index (κ2) is 9.94. The quantitative estimate of drug-likeness (QED) is 0.665. The first kappa shape index (κ1) is 20.7. The molecule has 0 bridgehead atoms. The zero-order valence-corrected chi connectivity index (χ0v) is 17.8. The van der Waals surface area contributed by atoms with E-state index in [9.17, 15) is 9.59 Å². The smallest absolute Gasteiger partial charge is 0.262 e. The Morgan fingerprint density at radius 2 is 1.71 bits per heavy atom. The van der Waals surface area contributed by atoms with Crippen LogP contribution in [0.15, 0.2) is 46.9 Å². The summed E-state index contributed by atoms with van der Waals surface area (Å²) in [5.41, 5.74) is 1.26.